The molecule has 25 heavy (non-hydrogen) atoms. The fourth-order valence-corrected chi connectivity index (χ4v) is 3.72. The minimum Gasteiger partial charge on any atom is -0.305 e. The number of benzene rings is 2. The molecule has 0 atom stereocenters. The van der Waals surface area contributed by atoms with Crippen molar-refractivity contribution in [1.82, 2.24) is 4.90 Å². The summed E-state index contributed by atoms with van der Waals surface area (Å²) in [4.78, 5) is 2.20. The van der Waals surface area contributed by atoms with E-state index in [0.717, 1.165) is 19.4 Å². The number of aryl methyl sites for hydroxylation is 2. The highest BCUT2D eigenvalue weighted by Crippen LogP contribution is 2.30. The normalized spacial score (nSPS) is 13.1. The molecule has 0 aromatic heterocycles. The fourth-order valence-electron chi connectivity index (χ4n) is 3.72. The van der Waals surface area contributed by atoms with Crippen LogP contribution in [0.5, 0.6) is 0 Å². The first kappa shape index (κ1) is 17.7. The van der Waals surface area contributed by atoms with Crippen molar-refractivity contribution in [3.05, 3.63) is 83.4 Å². The van der Waals surface area contributed by atoms with Crippen molar-refractivity contribution < 1.29 is 0 Å². The van der Waals surface area contributed by atoms with E-state index in [9.17, 15) is 0 Å². The molecular formula is C24H29N. The van der Waals surface area contributed by atoms with Gasteiger partial charge in [0, 0.05) is 6.54 Å². The lowest BCUT2D eigenvalue weighted by molar-refractivity contribution is 0.402. The van der Waals surface area contributed by atoms with Crippen LogP contribution in [0, 0.1) is 0 Å². The van der Waals surface area contributed by atoms with Gasteiger partial charge in [0.25, 0.3) is 0 Å². The van der Waals surface area contributed by atoms with Crippen LogP contribution in [0.15, 0.2) is 55.6 Å². The molecule has 0 N–H and O–H groups in total. The van der Waals surface area contributed by atoms with Gasteiger partial charge in [-0.1, -0.05) is 55.6 Å². The van der Waals surface area contributed by atoms with Crippen LogP contribution in [0.1, 0.15) is 47.1 Å². The standard InChI is InChI=1S/C24H29N/c1-18(21-15-14-20-9-7-10-22(20)16-21)12-13-19(2)24-11-6-5-8-23(24)17-25(3)4/h5-6,8,11,14-16H,1-2,7,9-10,12-13,17H2,3-4H3. The molecule has 0 fully saturated rings. The summed E-state index contributed by atoms with van der Waals surface area (Å²) in [5.41, 5.74) is 9.42. The molecule has 130 valence electrons. The van der Waals surface area contributed by atoms with Gasteiger partial charge in [-0.25, -0.2) is 0 Å². The van der Waals surface area contributed by atoms with Gasteiger partial charge in [-0.3, -0.25) is 0 Å². The number of fused-ring (bicyclic) bond motifs is 1. The van der Waals surface area contributed by atoms with E-state index in [1.165, 1.54) is 58.2 Å². The summed E-state index contributed by atoms with van der Waals surface area (Å²) >= 11 is 0. The van der Waals surface area contributed by atoms with Crippen molar-refractivity contribution in [2.45, 2.75) is 38.6 Å². The van der Waals surface area contributed by atoms with Crippen LogP contribution in [0.2, 0.25) is 0 Å². The van der Waals surface area contributed by atoms with E-state index in [4.69, 9.17) is 0 Å². The van der Waals surface area contributed by atoms with Crippen LogP contribution in [-0.2, 0) is 19.4 Å². The average molecular weight is 332 g/mol. The van der Waals surface area contributed by atoms with Crippen LogP contribution >= 0.6 is 0 Å². The first-order chi connectivity index (χ1) is 12.0. The van der Waals surface area contributed by atoms with Gasteiger partial charge in [0.05, 0.1) is 0 Å². The maximum atomic E-state index is 4.36. The van der Waals surface area contributed by atoms with Gasteiger partial charge in [0.15, 0.2) is 0 Å². The highest BCUT2D eigenvalue weighted by atomic mass is 15.0. The molecule has 0 aliphatic heterocycles. The molecule has 2 aromatic carbocycles. The van der Waals surface area contributed by atoms with Crippen LogP contribution in [0.3, 0.4) is 0 Å². The molecule has 0 heterocycles. The van der Waals surface area contributed by atoms with Gasteiger partial charge in [-0.2, -0.15) is 0 Å². The lowest BCUT2D eigenvalue weighted by Gasteiger charge is -2.16. The summed E-state index contributed by atoms with van der Waals surface area (Å²) in [5, 5.41) is 0. The smallest absolute Gasteiger partial charge is 0.0233 e. The maximum Gasteiger partial charge on any atom is 0.0233 e. The van der Waals surface area contributed by atoms with Gasteiger partial charge in [-0.05, 0) is 85.2 Å². The van der Waals surface area contributed by atoms with Crippen molar-refractivity contribution >= 4 is 11.1 Å². The third kappa shape index (κ3) is 4.29. The Hall–Kier alpha value is -2.12. The van der Waals surface area contributed by atoms with Crippen LogP contribution in [0.4, 0.5) is 0 Å². The zero-order valence-corrected chi connectivity index (χ0v) is 15.6. The lowest BCUT2D eigenvalue weighted by atomic mass is 9.93. The minimum atomic E-state index is 0.945. The van der Waals surface area contributed by atoms with Crippen molar-refractivity contribution in [2.24, 2.45) is 0 Å². The van der Waals surface area contributed by atoms with Crippen molar-refractivity contribution in [3.63, 3.8) is 0 Å². The highest BCUT2D eigenvalue weighted by Gasteiger charge is 2.12. The lowest BCUT2D eigenvalue weighted by Crippen LogP contribution is -2.12. The first-order valence-electron chi connectivity index (χ1n) is 9.25. The van der Waals surface area contributed by atoms with Crippen LogP contribution in [-0.4, -0.2) is 19.0 Å². The number of hydrogen-bond donors (Lipinski definition) is 0. The van der Waals surface area contributed by atoms with E-state index in [1.54, 1.807) is 0 Å². The molecular weight excluding hydrogens is 302 g/mol. The number of nitrogens with zero attached hydrogens (tertiary/aromatic N) is 1. The number of rotatable bonds is 7. The summed E-state index contributed by atoms with van der Waals surface area (Å²) in [7, 11) is 4.21. The predicted molar refractivity (Wildman–Crippen MR) is 110 cm³/mol. The summed E-state index contributed by atoms with van der Waals surface area (Å²) in [6.45, 7) is 9.64. The molecule has 0 amide bonds. The van der Waals surface area contributed by atoms with E-state index < -0.39 is 0 Å². The number of allylic oxidation sites excluding steroid dienone is 2. The van der Waals surface area contributed by atoms with Gasteiger partial charge in [0.2, 0.25) is 0 Å². The Morgan fingerprint density at radius 3 is 2.44 bits per heavy atom. The molecule has 0 saturated heterocycles. The molecule has 1 nitrogen and oxygen atoms in total. The molecule has 0 spiro atoms. The zero-order valence-electron chi connectivity index (χ0n) is 15.6. The third-order valence-corrected chi connectivity index (χ3v) is 5.12. The van der Waals surface area contributed by atoms with Gasteiger partial charge >= 0.3 is 0 Å². The number of hydrogen-bond acceptors (Lipinski definition) is 1. The monoisotopic (exact) mass is 331 g/mol. The van der Waals surface area contributed by atoms with Crippen LogP contribution < -0.4 is 0 Å². The van der Waals surface area contributed by atoms with Gasteiger partial charge in [-0.15, -0.1) is 0 Å². The molecule has 1 heteroatoms. The SMILES string of the molecule is C=C(CCC(=C)c1ccccc1CN(C)C)c1ccc2c(c1)CCC2. The minimum absolute atomic E-state index is 0.945. The Morgan fingerprint density at radius 1 is 0.920 bits per heavy atom. The molecule has 2 aromatic rings. The molecule has 0 saturated carbocycles. The van der Waals surface area contributed by atoms with E-state index in [-0.39, 0.29) is 0 Å². The molecule has 3 rings (SSSR count). The molecule has 0 unspecified atom stereocenters. The largest absolute Gasteiger partial charge is 0.305 e. The Kier molecular flexibility index (Phi) is 5.55. The van der Waals surface area contributed by atoms with Crippen molar-refractivity contribution in [2.75, 3.05) is 14.1 Å². The Morgan fingerprint density at radius 2 is 1.64 bits per heavy atom. The average Bonchev–Trinajstić information content (AvgIpc) is 3.07. The summed E-state index contributed by atoms with van der Waals surface area (Å²) in [6.07, 6.45) is 5.68. The van der Waals surface area contributed by atoms with Gasteiger partial charge < -0.3 is 4.90 Å². The van der Waals surface area contributed by atoms with Gasteiger partial charge in [0.1, 0.15) is 0 Å². The zero-order chi connectivity index (χ0) is 17.8. The second-order valence-corrected chi connectivity index (χ2v) is 7.44. The van der Waals surface area contributed by atoms with Crippen LogP contribution in [0.25, 0.3) is 11.1 Å². The maximum absolute atomic E-state index is 4.36. The topological polar surface area (TPSA) is 3.24 Å². The molecule has 1 aliphatic rings. The van der Waals surface area contributed by atoms with Crippen molar-refractivity contribution in [3.8, 4) is 0 Å². The Bertz CT molecular complexity index is 782. The van der Waals surface area contributed by atoms with E-state index in [0.29, 0.717) is 0 Å². The highest BCUT2D eigenvalue weighted by molar-refractivity contribution is 5.71. The Balaban J connectivity index is 1.65. The van der Waals surface area contributed by atoms with E-state index in [1.807, 2.05) is 0 Å². The van der Waals surface area contributed by atoms with Crippen molar-refractivity contribution in [1.29, 1.82) is 0 Å². The molecule has 1 aliphatic carbocycles. The van der Waals surface area contributed by atoms with E-state index in [2.05, 4.69) is 74.6 Å². The predicted octanol–water partition coefficient (Wildman–Crippen LogP) is 5.74. The second-order valence-electron chi connectivity index (χ2n) is 7.44. The Labute approximate surface area is 152 Å². The first-order valence-corrected chi connectivity index (χ1v) is 9.25. The van der Waals surface area contributed by atoms with E-state index >= 15 is 0 Å². The second kappa shape index (κ2) is 7.84. The summed E-state index contributed by atoms with van der Waals surface area (Å²) < 4.78 is 0. The summed E-state index contributed by atoms with van der Waals surface area (Å²) in [6, 6.07) is 15.5. The molecule has 0 bridgehead atoms. The fraction of sp³-hybridized carbons (Fsp3) is 0.333. The summed E-state index contributed by atoms with van der Waals surface area (Å²) in [5.74, 6) is 0. The third-order valence-electron chi connectivity index (χ3n) is 5.12. The quantitative estimate of drug-likeness (QED) is 0.625. The molecule has 0 radical (unpaired) electrons.